The number of nitrogens with one attached hydrogen (secondary N) is 1. The highest BCUT2D eigenvalue weighted by atomic mass is 16.2. The van der Waals surface area contributed by atoms with Gasteiger partial charge in [-0.1, -0.05) is 6.07 Å². The Hall–Kier alpha value is -2.43. The average Bonchev–Trinajstić information content (AvgIpc) is 2.95. The summed E-state index contributed by atoms with van der Waals surface area (Å²) in [6, 6.07) is 5.68. The van der Waals surface area contributed by atoms with Crippen LogP contribution < -0.4 is 4.90 Å². The molecule has 0 spiro atoms. The molecule has 2 aromatic rings. The number of benzene rings is 1. The highest BCUT2D eigenvalue weighted by Gasteiger charge is 2.24. The van der Waals surface area contributed by atoms with Gasteiger partial charge in [0.05, 0.1) is 18.4 Å². The van der Waals surface area contributed by atoms with Crippen molar-refractivity contribution in [1.29, 1.82) is 0 Å². The first-order chi connectivity index (χ1) is 8.70. The van der Waals surface area contributed by atoms with Gasteiger partial charge in [0.15, 0.2) is 6.29 Å². The zero-order chi connectivity index (χ0) is 12.7. The second-order valence-corrected chi connectivity index (χ2v) is 4.26. The molecule has 0 unspecified atom stereocenters. The summed E-state index contributed by atoms with van der Waals surface area (Å²) in [5.41, 5.74) is 3.81. The van der Waals surface area contributed by atoms with Gasteiger partial charge in [-0.05, 0) is 17.7 Å². The minimum atomic E-state index is 0.0831. The van der Waals surface area contributed by atoms with Crippen molar-refractivity contribution in [2.24, 2.45) is 0 Å². The Bertz CT molecular complexity index is 645. The number of imidazole rings is 1. The van der Waals surface area contributed by atoms with Crippen LogP contribution in [0, 0.1) is 0 Å². The molecule has 1 aliphatic heterocycles. The summed E-state index contributed by atoms with van der Waals surface area (Å²) < 4.78 is 0. The second-order valence-electron chi connectivity index (χ2n) is 4.26. The molecular formula is C13H11N3O2. The molecule has 90 valence electrons. The van der Waals surface area contributed by atoms with Gasteiger partial charge in [0, 0.05) is 18.3 Å². The number of H-pyrrole nitrogens is 1. The van der Waals surface area contributed by atoms with Crippen LogP contribution in [0.3, 0.4) is 0 Å². The van der Waals surface area contributed by atoms with Crippen molar-refractivity contribution in [2.45, 2.75) is 6.42 Å². The summed E-state index contributed by atoms with van der Waals surface area (Å²) in [7, 11) is 1.76. The van der Waals surface area contributed by atoms with E-state index in [0.717, 1.165) is 23.1 Å². The monoisotopic (exact) mass is 241 g/mol. The normalized spacial score (nSPS) is 13.8. The number of aldehydes is 1. The molecule has 3 rings (SSSR count). The van der Waals surface area contributed by atoms with Gasteiger partial charge in [0.2, 0.25) is 5.91 Å². The van der Waals surface area contributed by atoms with Gasteiger partial charge in [0.1, 0.15) is 5.69 Å². The van der Waals surface area contributed by atoms with Crippen LogP contribution in [0.15, 0.2) is 24.5 Å². The van der Waals surface area contributed by atoms with Crippen molar-refractivity contribution in [3.63, 3.8) is 0 Å². The fourth-order valence-electron chi connectivity index (χ4n) is 2.24. The molecule has 0 atom stereocenters. The molecule has 2 heterocycles. The van der Waals surface area contributed by atoms with Crippen LogP contribution in [0.4, 0.5) is 5.69 Å². The lowest BCUT2D eigenvalue weighted by molar-refractivity contribution is -0.117. The summed E-state index contributed by atoms with van der Waals surface area (Å²) in [5.74, 6) is 0.0831. The predicted molar refractivity (Wildman–Crippen MR) is 66.5 cm³/mol. The van der Waals surface area contributed by atoms with Gasteiger partial charge >= 0.3 is 0 Å². The molecule has 0 fully saturated rings. The Morgan fingerprint density at radius 1 is 1.44 bits per heavy atom. The van der Waals surface area contributed by atoms with Crippen LogP contribution >= 0.6 is 0 Å². The Kier molecular flexibility index (Phi) is 2.26. The van der Waals surface area contributed by atoms with Crippen LogP contribution in [0.1, 0.15) is 16.1 Å². The van der Waals surface area contributed by atoms with Crippen LogP contribution in [-0.2, 0) is 11.2 Å². The molecule has 1 N–H and O–H groups in total. The van der Waals surface area contributed by atoms with Crippen LogP contribution in [-0.4, -0.2) is 29.2 Å². The van der Waals surface area contributed by atoms with E-state index in [-0.39, 0.29) is 5.91 Å². The fraction of sp³-hybridized carbons (Fsp3) is 0.154. The highest BCUT2D eigenvalue weighted by Crippen LogP contribution is 2.31. The number of rotatable bonds is 2. The number of aromatic amines is 1. The molecule has 18 heavy (non-hydrogen) atoms. The Labute approximate surface area is 103 Å². The van der Waals surface area contributed by atoms with Crippen molar-refractivity contribution in [1.82, 2.24) is 9.97 Å². The molecule has 0 aliphatic carbocycles. The Balaban J connectivity index is 2.10. The lowest BCUT2D eigenvalue weighted by atomic mass is 10.0. The van der Waals surface area contributed by atoms with Gasteiger partial charge in [-0.3, -0.25) is 9.59 Å². The van der Waals surface area contributed by atoms with Crippen LogP contribution in [0.5, 0.6) is 0 Å². The van der Waals surface area contributed by atoms with E-state index in [1.807, 2.05) is 18.2 Å². The van der Waals surface area contributed by atoms with Gasteiger partial charge in [-0.25, -0.2) is 4.98 Å². The summed E-state index contributed by atoms with van der Waals surface area (Å²) >= 11 is 0. The quantitative estimate of drug-likeness (QED) is 0.808. The zero-order valence-electron chi connectivity index (χ0n) is 9.80. The molecule has 1 amide bonds. The molecule has 5 heteroatoms. The molecule has 0 saturated heterocycles. The third-order valence-electron chi connectivity index (χ3n) is 3.22. The largest absolute Gasteiger partial charge is 0.342 e. The number of nitrogens with zero attached hydrogens (tertiary/aromatic N) is 2. The van der Waals surface area contributed by atoms with Crippen molar-refractivity contribution in [2.75, 3.05) is 11.9 Å². The fourth-order valence-corrected chi connectivity index (χ4v) is 2.24. The summed E-state index contributed by atoms with van der Waals surface area (Å²) in [6.45, 7) is 0. The number of hydrogen-bond acceptors (Lipinski definition) is 3. The SMILES string of the molecule is CN1C(=O)Cc2cc(-c3nc[nH]c3C=O)ccc21. The maximum atomic E-state index is 11.6. The number of amides is 1. The van der Waals surface area contributed by atoms with E-state index in [2.05, 4.69) is 9.97 Å². The predicted octanol–water partition coefficient (Wildman–Crippen LogP) is 1.41. The topological polar surface area (TPSA) is 66.1 Å². The van der Waals surface area contributed by atoms with Crippen molar-refractivity contribution >= 4 is 17.9 Å². The summed E-state index contributed by atoms with van der Waals surface area (Å²) in [6.07, 6.45) is 2.64. The molecular weight excluding hydrogens is 230 g/mol. The van der Waals surface area contributed by atoms with Crippen LogP contribution in [0.25, 0.3) is 11.3 Å². The second kappa shape index (κ2) is 3.80. The van der Waals surface area contributed by atoms with Crippen LogP contribution in [0.2, 0.25) is 0 Å². The maximum Gasteiger partial charge on any atom is 0.231 e. The first-order valence-corrected chi connectivity index (χ1v) is 5.59. The number of aromatic nitrogens is 2. The number of anilines is 1. The number of carbonyl (C=O) groups excluding carboxylic acids is 2. The number of likely N-dealkylation sites (N-methyl/N-ethyl adjacent to an activating group) is 1. The van der Waals surface area contributed by atoms with E-state index >= 15 is 0 Å². The van der Waals surface area contributed by atoms with Crippen molar-refractivity contribution < 1.29 is 9.59 Å². The molecule has 0 radical (unpaired) electrons. The summed E-state index contributed by atoms with van der Waals surface area (Å²) in [4.78, 5) is 31.0. The smallest absolute Gasteiger partial charge is 0.231 e. The van der Waals surface area contributed by atoms with Gasteiger partial charge in [0.25, 0.3) is 0 Å². The first kappa shape index (κ1) is 10.7. The zero-order valence-corrected chi connectivity index (χ0v) is 9.80. The standard InChI is InChI=1S/C13H11N3O2/c1-16-11-3-2-8(4-9(11)5-12(16)18)13-10(6-17)14-7-15-13/h2-4,6-7H,5H2,1H3,(H,14,15). The van der Waals surface area contributed by atoms with E-state index in [1.54, 1.807) is 11.9 Å². The minimum absolute atomic E-state index is 0.0831. The minimum Gasteiger partial charge on any atom is -0.342 e. The van der Waals surface area contributed by atoms with Gasteiger partial charge in [-0.2, -0.15) is 0 Å². The molecule has 1 aromatic heterocycles. The number of fused-ring (bicyclic) bond motifs is 1. The summed E-state index contributed by atoms with van der Waals surface area (Å²) in [5, 5.41) is 0. The van der Waals surface area contributed by atoms with E-state index < -0.39 is 0 Å². The van der Waals surface area contributed by atoms with Crippen molar-refractivity contribution in [3.8, 4) is 11.3 Å². The number of carbonyl (C=O) groups is 2. The lowest BCUT2D eigenvalue weighted by Gasteiger charge is -2.10. The van der Waals surface area contributed by atoms with E-state index in [9.17, 15) is 9.59 Å². The van der Waals surface area contributed by atoms with E-state index in [4.69, 9.17) is 0 Å². The van der Waals surface area contributed by atoms with E-state index in [0.29, 0.717) is 17.8 Å². The highest BCUT2D eigenvalue weighted by molar-refractivity contribution is 6.01. The molecule has 0 bridgehead atoms. The Morgan fingerprint density at radius 2 is 2.28 bits per heavy atom. The maximum absolute atomic E-state index is 11.6. The third-order valence-corrected chi connectivity index (χ3v) is 3.22. The molecule has 5 nitrogen and oxygen atoms in total. The Morgan fingerprint density at radius 3 is 3.06 bits per heavy atom. The van der Waals surface area contributed by atoms with Gasteiger partial charge < -0.3 is 9.88 Å². The molecule has 1 aromatic carbocycles. The van der Waals surface area contributed by atoms with Crippen molar-refractivity contribution in [3.05, 3.63) is 35.8 Å². The average molecular weight is 241 g/mol. The number of hydrogen-bond donors (Lipinski definition) is 1. The molecule has 1 aliphatic rings. The van der Waals surface area contributed by atoms with E-state index in [1.165, 1.54) is 6.33 Å². The molecule has 0 saturated carbocycles. The lowest BCUT2D eigenvalue weighted by Crippen LogP contribution is -2.20. The third kappa shape index (κ3) is 1.44. The first-order valence-electron chi connectivity index (χ1n) is 5.59. The van der Waals surface area contributed by atoms with Gasteiger partial charge in [-0.15, -0.1) is 0 Å².